The predicted molar refractivity (Wildman–Crippen MR) is 80.0 cm³/mol. The van der Waals surface area contributed by atoms with Crippen LogP contribution in [0.5, 0.6) is 0 Å². The molecule has 0 radical (unpaired) electrons. The number of sulfonamides is 1. The first kappa shape index (κ1) is 16.8. The fourth-order valence-corrected chi connectivity index (χ4v) is 2.38. The summed E-state index contributed by atoms with van der Waals surface area (Å²) in [7, 11) is -3.56. The molecule has 1 aromatic rings. The van der Waals surface area contributed by atoms with Gasteiger partial charge < -0.3 is 5.32 Å². The van der Waals surface area contributed by atoms with Crippen LogP contribution in [0.1, 0.15) is 34.6 Å². The summed E-state index contributed by atoms with van der Waals surface area (Å²) in [4.78, 5) is 8.03. The molecule has 0 saturated carbocycles. The Bertz CT molecular complexity index is 524. The average Bonchev–Trinajstić information content (AvgIpc) is 2.38. The SMILES string of the molecule is CCNc1ncc(S(=O)(=O)NCC(C)(C)C(C)C)cn1. The van der Waals surface area contributed by atoms with E-state index in [9.17, 15) is 8.42 Å². The number of anilines is 1. The maximum Gasteiger partial charge on any atom is 0.243 e. The van der Waals surface area contributed by atoms with Crippen LogP contribution in [0.25, 0.3) is 0 Å². The van der Waals surface area contributed by atoms with Crippen molar-refractivity contribution in [2.45, 2.75) is 39.5 Å². The van der Waals surface area contributed by atoms with E-state index in [1.165, 1.54) is 12.4 Å². The number of hydrogen-bond donors (Lipinski definition) is 2. The van der Waals surface area contributed by atoms with Crippen LogP contribution in [-0.4, -0.2) is 31.5 Å². The summed E-state index contributed by atoms with van der Waals surface area (Å²) in [6.07, 6.45) is 2.63. The molecule has 7 heteroatoms. The van der Waals surface area contributed by atoms with E-state index in [0.29, 0.717) is 25.0 Å². The van der Waals surface area contributed by atoms with Crippen LogP contribution in [0.15, 0.2) is 17.3 Å². The molecule has 0 aliphatic carbocycles. The van der Waals surface area contributed by atoms with E-state index in [1.54, 1.807) is 0 Å². The van der Waals surface area contributed by atoms with Crippen LogP contribution >= 0.6 is 0 Å². The van der Waals surface area contributed by atoms with Crippen LogP contribution in [0.2, 0.25) is 0 Å². The standard InChI is InChI=1S/C13H24N4O2S/c1-6-14-12-15-7-11(8-16-12)20(18,19)17-9-13(4,5)10(2)3/h7-8,10,17H,6,9H2,1-5H3,(H,14,15,16). The van der Waals surface area contributed by atoms with Crippen LogP contribution in [0.4, 0.5) is 5.95 Å². The molecule has 2 N–H and O–H groups in total. The minimum Gasteiger partial charge on any atom is -0.355 e. The molecule has 0 aromatic carbocycles. The fraction of sp³-hybridized carbons (Fsp3) is 0.692. The molecule has 114 valence electrons. The second-order valence-electron chi connectivity index (χ2n) is 5.74. The molecule has 0 fully saturated rings. The van der Waals surface area contributed by atoms with Gasteiger partial charge in [-0.3, -0.25) is 0 Å². The Labute approximate surface area is 121 Å². The highest BCUT2D eigenvalue weighted by atomic mass is 32.2. The molecule has 20 heavy (non-hydrogen) atoms. The van der Waals surface area contributed by atoms with Crippen molar-refractivity contribution in [3.63, 3.8) is 0 Å². The Balaban J connectivity index is 2.79. The van der Waals surface area contributed by atoms with E-state index in [4.69, 9.17) is 0 Å². The molecule has 1 rings (SSSR count). The number of aromatic nitrogens is 2. The molecule has 0 aliphatic rings. The zero-order valence-corrected chi connectivity index (χ0v) is 13.6. The monoisotopic (exact) mass is 300 g/mol. The zero-order chi connectivity index (χ0) is 15.4. The third-order valence-electron chi connectivity index (χ3n) is 3.55. The van der Waals surface area contributed by atoms with Gasteiger partial charge in [-0.15, -0.1) is 0 Å². The van der Waals surface area contributed by atoms with E-state index in [1.807, 2.05) is 20.8 Å². The third kappa shape index (κ3) is 4.42. The molecule has 0 atom stereocenters. The van der Waals surface area contributed by atoms with Crippen molar-refractivity contribution >= 4 is 16.0 Å². The summed E-state index contributed by atoms with van der Waals surface area (Å²) < 4.78 is 26.9. The van der Waals surface area contributed by atoms with Crippen LogP contribution in [0.3, 0.4) is 0 Å². The number of nitrogens with zero attached hydrogens (tertiary/aromatic N) is 2. The van der Waals surface area contributed by atoms with E-state index < -0.39 is 10.0 Å². The van der Waals surface area contributed by atoms with Gasteiger partial charge in [0.05, 0.1) is 12.4 Å². The first-order valence-corrected chi connectivity index (χ1v) is 8.23. The van der Waals surface area contributed by atoms with Crippen molar-refractivity contribution in [2.75, 3.05) is 18.4 Å². The number of hydrogen-bond acceptors (Lipinski definition) is 5. The molecule has 0 aliphatic heterocycles. The summed E-state index contributed by atoms with van der Waals surface area (Å²) in [6, 6.07) is 0. The van der Waals surface area contributed by atoms with Gasteiger partial charge in [0, 0.05) is 13.1 Å². The molecule has 0 saturated heterocycles. The Morgan fingerprint density at radius 2 is 1.80 bits per heavy atom. The van der Waals surface area contributed by atoms with E-state index in [2.05, 4.69) is 33.9 Å². The number of rotatable bonds is 7. The topological polar surface area (TPSA) is 84.0 Å². The smallest absolute Gasteiger partial charge is 0.243 e. The van der Waals surface area contributed by atoms with Gasteiger partial charge in [-0.1, -0.05) is 27.7 Å². The highest BCUT2D eigenvalue weighted by molar-refractivity contribution is 7.89. The first-order chi connectivity index (χ1) is 9.19. The molecule has 0 unspecified atom stereocenters. The summed E-state index contributed by atoms with van der Waals surface area (Å²) in [5.41, 5.74) is -0.113. The maximum atomic E-state index is 12.2. The highest BCUT2D eigenvalue weighted by Gasteiger charge is 2.25. The van der Waals surface area contributed by atoms with Crippen LogP contribution in [-0.2, 0) is 10.0 Å². The summed E-state index contributed by atoms with van der Waals surface area (Å²) in [5, 5.41) is 2.92. The third-order valence-corrected chi connectivity index (χ3v) is 4.91. The second kappa shape index (κ2) is 6.49. The van der Waals surface area contributed by atoms with Crippen molar-refractivity contribution in [1.82, 2.24) is 14.7 Å². The lowest BCUT2D eigenvalue weighted by molar-refractivity contribution is 0.252. The molecular formula is C13H24N4O2S. The van der Waals surface area contributed by atoms with Crippen molar-refractivity contribution in [3.8, 4) is 0 Å². The molecule has 1 heterocycles. The lowest BCUT2D eigenvalue weighted by Crippen LogP contribution is -2.37. The number of nitrogens with one attached hydrogen (secondary N) is 2. The maximum absolute atomic E-state index is 12.2. The molecule has 0 spiro atoms. The van der Waals surface area contributed by atoms with Gasteiger partial charge in [-0.25, -0.2) is 23.1 Å². The minimum absolute atomic E-state index is 0.0821. The highest BCUT2D eigenvalue weighted by Crippen LogP contribution is 2.25. The Hall–Kier alpha value is -1.21. The molecular weight excluding hydrogens is 276 g/mol. The van der Waals surface area contributed by atoms with Crippen LogP contribution in [0, 0.1) is 11.3 Å². The first-order valence-electron chi connectivity index (χ1n) is 6.74. The lowest BCUT2D eigenvalue weighted by atomic mass is 9.81. The van der Waals surface area contributed by atoms with Gasteiger partial charge >= 0.3 is 0 Å². The van der Waals surface area contributed by atoms with E-state index in [0.717, 1.165) is 0 Å². The van der Waals surface area contributed by atoms with Gasteiger partial charge in [0.1, 0.15) is 4.90 Å². The Morgan fingerprint density at radius 3 is 2.25 bits per heavy atom. The minimum atomic E-state index is -3.56. The second-order valence-corrected chi connectivity index (χ2v) is 7.51. The average molecular weight is 300 g/mol. The summed E-state index contributed by atoms with van der Waals surface area (Å²) >= 11 is 0. The van der Waals surface area contributed by atoms with Gasteiger partial charge in [-0.05, 0) is 18.3 Å². The van der Waals surface area contributed by atoms with Gasteiger partial charge in [-0.2, -0.15) is 0 Å². The normalized spacial score (nSPS) is 12.7. The van der Waals surface area contributed by atoms with Gasteiger partial charge in [0.25, 0.3) is 0 Å². The largest absolute Gasteiger partial charge is 0.355 e. The van der Waals surface area contributed by atoms with Crippen molar-refractivity contribution < 1.29 is 8.42 Å². The molecule has 6 nitrogen and oxygen atoms in total. The summed E-state index contributed by atoms with van der Waals surface area (Å²) in [6.45, 7) is 11.2. The quantitative estimate of drug-likeness (QED) is 0.803. The fourth-order valence-electron chi connectivity index (χ4n) is 1.27. The van der Waals surface area contributed by atoms with Gasteiger partial charge in [0.2, 0.25) is 16.0 Å². The van der Waals surface area contributed by atoms with Crippen molar-refractivity contribution in [3.05, 3.63) is 12.4 Å². The van der Waals surface area contributed by atoms with Crippen LogP contribution < -0.4 is 10.0 Å². The van der Waals surface area contributed by atoms with E-state index in [-0.39, 0.29) is 10.3 Å². The predicted octanol–water partition coefficient (Wildman–Crippen LogP) is 1.87. The lowest BCUT2D eigenvalue weighted by Gasteiger charge is -2.29. The summed E-state index contributed by atoms with van der Waals surface area (Å²) in [5.74, 6) is 0.798. The van der Waals surface area contributed by atoms with E-state index >= 15 is 0 Å². The Morgan fingerprint density at radius 1 is 1.25 bits per heavy atom. The molecule has 1 aromatic heterocycles. The van der Waals surface area contributed by atoms with Crippen molar-refractivity contribution in [2.24, 2.45) is 11.3 Å². The zero-order valence-electron chi connectivity index (χ0n) is 12.8. The van der Waals surface area contributed by atoms with Crippen molar-refractivity contribution in [1.29, 1.82) is 0 Å². The Kier molecular flexibility index (Phi) is 5.47. The van der Waals surface area contributed by atoms with Gasteiger partial charge in [0.15, 0.2) is 0 Å². The molecule has 0 bridgehead atoms. The molecule has 0 amide bonds.